The van der Waals surface area contributed by atoms with E-state index in [0.29, 0.717) is 12.6 Å². The summed E-state index contributed by atoms with van der Waals surface area (Å²) in [6, 6.07) is 7.43. The van der Waals surface area contributed by atoms with E-state index in [9.17, 15) is 4.39 Å². The molecule has 1 heterocycles. The highest BCUT2D eigenvalue weighted by Crippen LogP contribution is 2.19. The zero-order valence-electron chi connectivity index (χ0n) is 10.4. The first-order valence-corrected chi connectivity index (χ1v) is 6.78. The number of nitrogens with zero attached hydrogens (tertiary/aromatic N) is 2. The summed E-state index contributed by atoms with van der Waals surface area (Å²) in [5, 5.41) is 8.05. The van der Waals surface area contributed by atoms with Crippen LogP contribution >= 0.6 is 11.6 Å². The van der Waals surface area contributed by atoms with Gasteiger partial charge in [0.05, 0.1) is 17.3 Å². The topological polar surface area (TPSA) is 29.9 Å². The van der Waals surface area contributed by atoms with Crippen LogP contribution in [0.5, 0.6) is 0 Å². The van der Waals surface area contributed by atoms with Crippen LogP contribution < -0.4 is 5.32 Å². The second-order valence-electron chi connectivity index (χ2n) is 4.91. The summed E-state index contributed by atoms with van der Waals surface area (Å²) in [6.45, 7) is 1.41. The van der Waals surface area contributed by atoms with Gasteiger partial charge in [0.15, 0.2) is 0 Å². The molecule has 1 aliphatic carbocycles. The minimum absolute atomic E-state index is 0.153. The molecular weight excluding hydrogens is 265 g/mol. The van der Waals surface area contributed by atoms with Gasteiger partial charge in [0.25, 0.3) is 0 Å². The number of rotatable bonds is 5. The second kappa shape index (κ2) is 5.31. The summed E-state index contributed by atoms with van der Waals surface area (Å²) >= 11 is 5.76. The van der Waals surface area contributed by atoms with Crippen molar-refractivity contribution in [2.45, 2.75) is 32.0 Å². The molecule has 0 radical (unpaired) electrons. The van der Waals surface area contributed by atoms with E-state index >= 15 is 0 Å². The number of hydrogen-bond acceptors (Lipinski definition) is 2. The molecule has 1 aromatic heterocycles. The highest BCUT2D eigenvalue weighted by molar-refractivity contribution is 6.30. The molecular formula is C14H15ClFN3. The molecule has 3 nitrogen and oxygen atoms in total. The molecule has 100 valence electrons. The first-order chi connectivity index (χ1) is 9.20. The molecule has 0 atom stereocenters. The maximum atomic E-state index is 13.1. The third-order valence-electron chi connectivity index (χ3n) is 3.17. The van der Waals surface area contributed by atoms with Crippen LogP contribution in [0, 0.1) is 5.82 Å². The largest absolute Gasteiger partial charge is 0.308 e. The van der Waals surface area contributed by atoms with E-state index in [1.807, 2.05) is 16.9 Å². The molecule has 0 bridgehead atoms. The molecule has 0 unspecified atom stereocenters. The number of aromatic nitrogens is 2. The predicted molar refractivity (Wildman–Crippen MR) is 72.6 cm³/mol. The van der Waals surface area contributed by atoms with Gasteiger partial charge in [-0.1, -0.05) is 17.7 Å². The summed E-state index contributed by atoms with van der Waals surface area (Å²) in [5.41, 5.74) is 1.97. The minimum atomic E-state index is -0.389. The van der Waals surface area contributed by atoms with E-state index in [0.717, 1.165) is 17.8 Å². The van der Waals surface area contributed by atoms with Crippen molar-refractivity contribution >= 4 is 11.6 Å². The summed E-state index contributed by atoms with van der Waals surface area (Å²) in [4.78, 5) is 0. The van der Waals surface area contributed by atoms with Crippen molar-refractivity contribution in [1.29, 1.82) is 0 Å². The van der Waals surface area contributed by atoms with Gasteiger partial charge in [-0.2, -0.15) is 5.10 Å². The summed E-state index contributed by atoms with van der Waals surface area (Å²) in [7, 11) is 0. The average Bonchev–Trinajstić information content (AvgIpc) is 3.12. The van der Waals surface area contributed by atoms with Crippen molar-refractivity contribution in [2.75, 3.05) is 0 Å². The highest BCUT2D eigenvalue weighted by Gasteiger charge is 2.20. The van der Waals surface area contributed by atoms with Crippen LogP contribution in [0.1, 0.15) is 24.1 Å². The SMILES string of the molecule is Fc1ccc(Cn2ccc(CNC3CC3)n2)cc1Cl. The van der Waals surface area contributed by atoms with Gasteiger partial charge in [-0.3, -0.25) is 4.68 Å². The molecule has 1 aliphatic rings. The Balaban J connectivity index is 1.63. The van der Waals surface area contributed by atoms with E-state index in [4.69, 9.17) is 11.6 Å². The maximum absolute atomic E-state index is 13.1. The Morgan fingerprint density at radius 3 is 2.95 bits per heavy atom. The normalized spacial score (nSPS) is 14.8. The molecule has 5 heteroatoms. The lowest BCUT2D eigenvalue weighted by molar-refractivity contribution is 0.619. The van der Waals surface area contributed by atoms with Gasteiger partial charge in [0.2, 0.25) is 0 Å². The van der Waals surface area contributed by atoms with Gasteiger partial charge < -0.3 is 5.32 Å². The van der Waals surface area contributed by atoms with E-state index in [-0.39, 0.29) is 10.8 Å². The molecule has 0 spiro atoms. The Hall–Kier alpha value is -1.39. The van der Waals surface area contributed by atoms with Gasteiger partial charge >= 0.3 is 0 Å². The quantitative estimate of drug-likeness (QED) is 0.912. The number of halogens is 2. The number of nitrogens with one attached hydrogen (secondary N) is 1. The molecule has 19 heavy (non-hydrogen) atoms. The summed E-state index contributed by atoms with van der Waals surface area (Å²) in [6.07, 6.45) is 4.48. The van der Waals surface area contributed by atoms with Gasteiger partial charge in [-0.05, 0) is 36.6 Å². The molecule has 1 N–H and O–H groups in total. The molecule has 3 rings (SSSR count). The zero-order valence-corrected chi connectivity index (χ0v) is 11.2. The Morgan fingerprint density at radius 2 is 2.21 bits per heavy atom. The Morgan fingerprint density at radius 1 is 1.37 bits per heavy atom. The second-order valence-corrected chi connectivity index (χ2v) is 5.32. The first-order valence-electron chi connectivity index (χ1n) is 6.40. The molecule has 0 saturated heterocycles. The molecule has 0 amide bonds. The maximum Gasteiger partial charge on any atom is 0.141 e. The van der Waals surface area contributed by atoms with Crippen molar-refractivity contribution in [1.82, 2.24) is 15.1 Å². The van der Waals surface area contributed by atoms with E-state index in [1.54, 1.807) is 12.1 Å². The fraction of sp³-hybridized carbons (Fsp3) is 0.357. The van der Waals surface area contributed by atoms with Crippen LogP contribution in [0.25, 0.3) is 0 Å². The molecule has 0 aliphatic heterocycles. The lowest BCUT2D eigenvalue weighted by Gasteiger charge is -2.03. The van der Waals surface area contributed by atoms with Gasteiger partial charge in [-0.15, -0.1) is 0 Å². The summed E-state index contributed by atoms with van der Waals surface area (Å²) in [5.74, 6) is -0.389. The Kier molecular flexibility index (Phi) is 3.53. The van der Waals surface area contributed by atoms with E-state index in [1.165, 1.54) is 18.9 Å². The molecule has 2 aromatic rings. The Labute approximate surface area is 116 Å². The highest BCUT2D eigenvalue weighted by atomic mass is 35.5. The summed E-state index contributed by atoms with van der Waals surface area (Å²) < 4.78 is 14.9. The van der Waals surface area contributed by atoms with Gasteiger partial charge in [-0.25, -0.2) is 4.39 Å². The lowest BCUT2D eigenvalue weighted by atomic mass is 10.2. The van der Waals surface area contributed by atoms with Crippen molar-refractivity contribution in [3.63, 3.8) is 0 Å². The van der Waals surface area contributed by atoms with Crippen LogP contribution in [0.3, 0.4) is 0 Å². The number of hydrogen-bond donors (Lipinski definition) is 1. The van der Waals surface area contributed by atoms with Crippen molar-refractivity contribution in [2.24, 2.45) is 0 Å². The predicted octanol–water partition coefficient (Wildman–Crippen LogP) is 2.98. The third-order valence-corrected chi connectivity index (χ3v) is 3.46. The fourth-order valence-electron chi connectivity index (χ4n) is 1.95. The zero-order chi connectivity index (χ0) is 13.2. The standard InChI is InChI=1S/C14H15ClFN3/c15-13-7-10(1-4-14(13)16)9-19-6-5-12(18-19)8-17-11-2-3-11/h1,4-7,11,17H,2-3,8-9H2. The average molecular weight is 280 g/mol. The monoisotopic (exact) mass is 279 g/mol. The Bertz CT molecular complexity index is 578. The smallest absolute Gasteiger partial charge is 0.141 e. The van der Waals surface area contributed by atoms with Crippen LogP contribution in [-0.2, 0) is 13.1 Å². The van der Waals surface area contributed by atoms with Crippen LogP contribution in [0.15, 0.2) is 30.5 Å². The van der Waals surface area contributed by atoms with Gasteiger partial charge in [0, 0.05) is 18.8 Å². The van der Waals surface area contributed by atoms with Crippen LogP contribution in [0.4, 0.5) is 4.39 Å². The van der Waals surface area contributed by atoms with Crippen molar-refractivity contribution < 1.29 is 4.39 Å². The fourth-order valence-corrected chi connectivity index (χ4v) is 2.15. The van der Waals surface area contributed by atoms with Crippen molar-refractivity contribution in [3.8, 4) is 0 Å². The number of benzene rings is 1. The third kappa shape index (κ3) is 3.33. The minimum Gasteiger partial charge on any atom is -0.308 e. The van der Waals surface area contributed by atoms with E-state index in [2.05, 4.69) is 10.4 Å². The van der Waals surface area contributed by atoms with Crippen LogP contribution in [-0.4, -0.2) is 15.8 Å². The first kappa shape index (κ1) is 12.6. The lowest BCUT2D eigenvalue weighted by Crippen LogP contribution is -2.16. The van der Waals surface area contributed by atoms with Gasteiger partial charge in [0.1, 0.15) is 5.82 Å². The van der Waals surface area contributed by atoms with E-state index < -0.39 is 0 Å². The molecule has 1 fully saturated rings. The molecule has 1 aromatic carbocycles. The molecule has 1 saturated carbocycles. The van der Waals surface area contributed by atoms with Crippen molar-refractivity contribution in [3.05, 3.63) is 52.6 Å². The van der Waals surface area contributed by atoms with Crippen LogP contribution in [0.2, 0.25) is 5.02 Å².